The van der Waals surface area contributed by atoms with Gasteiger partial charge in [0.2, 0.25) is 0 Å². The molecule has 0 fully saturated rings. The summed E-state index contributed by atoms with van der Waals surface area (Å²) in [5.74, 6) is -2.45. The first-order valence-corrected chi connectivity index (χ1v) is 5.33. The Bertz CT molecular complexity index is 421. The van der Waals surface area contributed by atoms with Gasteiger partial charge in [-0.15, -0.1) is 0 Å². The second-order valence-corrected chi connectivity index (χ2v) is 3.72. The minimum atomic E-state index is -0.998. The Morgan fingerprint density at radius 2 is 2.06 bits per heavy atom. The van der Waals surface area contributed by atoms with Crippen molar-refractivity contribution < 1.29 is 18.3 Å². The van der Waals surface area contributed by atoms with Gasteiger partial charge < -0.3 is 10.5 Å². The second kappa shape index (κ2) is 5.72. The van der Waals surface area contributed by atoms with Gasteiger partial charge in [0.15, 0.2) is 11.6 Å². The normalized spacial score (nSPS) is 12.3. The lowest BCUT2D eigenvalue weighted by molar-refractivity contribution is -0.143. The maximum Gasteiger partial charge on any atom is 0.307 e. The summed E-state index contributed by atoms with van der Waals surface area (Å²) in [6, 6.07) is 1.92. The van der Waals surface area contributed by atoms with Crippen molar-refractivity contribution in [2.24, 2.45) is 5.73 Å². The molecule has 1 aromatic rings. The molecule has 17 heavy (non-hydrogen) atoms. The van der Waals surface area contributed by atoms with Crippen LogP contribution in [0.25, 0.3) is 0 Å². The lowest BCUT2D eigenvalue weighted by Crippen LogP contribution is -2.19. The van der Waals surface area contributed by atoms with Gasteiger partial charge in [-0.05, 0) is 19.4 Å². The molecule has 0 saturated carbocycles. The van der Waals surface area contributed by atoms with Crippen LogP contribution in [0.1, 0.15) is 30.5 Å². The summed E-state index contributed by atoms with van der Waals surface area (Å²) in [6.07, 6.45) is -0.173. The van der Waals surface area contributed by atoms with E-state index in [0.29, 0.717) is 0 Å². The zero-order valence-corrected chi connectivity index (χ0v) is 9.80. The van der Waals surface area contributed by atoms with Crippen molar-refractivity contribution in [1.82, 2.24) is 0 Å². The predicted molar refractivity (Wildman–Crippen MR) is 59.3 cm³/mol. The summed E-state index contributed by atoms with van der Waals surface area (Å²) in [4.78, 5) is 11.2. The minimum Gasteiger partial charge on any atom is -0.466 e. The number of aryl methyl sites for hydroxylation is 1. The van der Waals surface area contributed by atoms with E-state index in [-0.39, 0.29) is 24.2 Å². The van der Waals surface area contributed by atoms with Crippen molar-refractivity contribution in [3.63, 3.8) is 0 Å². The third-order valence-electron chi connectivity index (χ3n) is 2.40. The number of benzene rings is 1. The van der Waals surface area contributed by atoms with Gasteiger partial charge in [0.1, 0.15) is 0 Å². The molecule has 0 aliphatic carbocycles. The Hall–Kier alpha value is -1.49. The maximum absolute atomic E-state index is 13.5. The highest BCUT2D eigenvalue weighted by atomic mass is 19.2. The van der Waals surface area contributed by atoms with Gasteiger partial charge in [-0.2, -0.15) is 0 Å². The molecular weight excluding hydrogens is 228 g/mol. The Balaban J connectivity index is 2.86. The van der Waals surface area contributed by atoms with Gasteiger partial charge in [0, 0.05) is 11.6 Å². The zero-order chi connectivity index (χ0) is 13.0. The molecule has 94 valence electrons. The Morgan fingerprint density at radius 3 is 2.65 bits per heavy atom. The highest BCUT2D eigenvalue weighted by Crippen LogP contribution is 2.22. The molecule has 5 heteroatoms. The Labute approximate surface area is 98.6 Å². The molecule has 1 aromatic carbocycles. The molecular formula is C12H15F2NO2. The molecule has 0 aromatic heterocycles. The van der Waals surface area contributed by atoms with E-state index in [2.05, 4.69) is 0 Å². The standard InChI is InChI=1S/C12H15F2NO2/c1-3-17-10(16)6-9(15)8-5-4-7(2)11(13)12(8)14/h4-5,9H,3,6,15H2,1-2H3/t9-/m1/s1. The van der Waals surface area contributed by atoms with Crippen LogP contribution in [-0.4, -0.2) is 12.6 Å². The number of rotatable bonds is 4. The van der Waals surface area contributed by atoms with E-state index in [1.807, 2.05) is 0 Å². The van der Waals surface area contributed by atoms with Crippen LogP contribution < -0.4 is 5.73 Å². The molecule has 0 bridgehead atoms. The molecule has 1 rings (SSSR count). The van der Waals surface area contributed by atoms with Crippen molar-refractivity contribution in [3.8, 4) is 0 Å². The molecule has 2 N–H and O–H groups in total. The Kier molecular flexibility index (Phi) is 4.57. The fourth-order valence-electron chi connectivity index (χ4n) is 1.46. The topological polar surface area (TPSA) is 52.3 Å². The average Bonchev–Trinajstić information content (AvgIpc) is 2.26. The lowest BCUT2D eigenvalue weighted by Gasteiger charge is -2.13. The number of ether oxygens (including phenoxy) is 1. The summed E-state index contributed by atoms with van der Waals surface area (Å²) in [6.45, 7) is 3.35. The third kappa shape index (κ3) is 3.23. The molecule has 0 unspecified atom stereocenters. The number of carbonyl (C=O) groups is 1. The van der Waals surface area contributed by atoms with Crippen molar-refractivity contribution in [3.05, 3.63) is 34.9 Å². The maximum atomic E-state index is 13.5. The fraction of sp³-hybridized carbons (Fsp3) is 0.417. The molecule has 0 heterocycles. The van der Waals surface area contributed by atoms with Crippen LogP contribution in [0.3, 0.4) is 0 Å². The van der Waals surface area contributed by atoms with Crippen LogP contribution in [0.4, 0.5) is 8.78 Å². The van der Waals surface area contributed by atoms with E-state index < -0.39 is 23.6 Å². The minimum absolute atomic E-state index is 0.0128. The van der Waals surface area contributed by atoms with Crippen LogP contribution in [0.2, 0.25) is 0 Å². The van der Waals surface area contributed by atoms with Crippen LogP contribution in [0.5, 0.6) is 0 Å². The first-order chi connectivity index (χ1) is 7.97. The molecule has 0 radical (unpaired) electrons. The number of carbonyl (C=O) groups excluding carboxylic acids is 1. The van der Waals surface area contributed by atoms with E-state index in [0.717, 1.165) is 0 Å². The number of hydrogen-bond acceptors (Lipinski definition) is 3. The first-order valence-electron chi connectivity index (χ1n) is 5.33. The number of esters is 1. The van der Waals surface area contributed by atoms with Gasteiger partial charge in [-0.1, -0.05) is 12.1 Å². The van der Waals surface area contributed by atoms with Gasteiger partial charge in [-0.3, -0.25) is 4.79 Å². The molecule has 0 aliphatic heterocycles. The van der Waals surface area contributed by atoms with E-state index in [4.69, 9.17) is 10.5 Å². The number of nitrogens with two attached hydrogens (primary N) is 1. The largest absolute Gasteiger partial charge is 0.466 e. The van der Waals surface area contributed by atoms with Crippen molar-refractivity contribution >= 4 is 5.97 Å². The summed E-state index contributed by atoms with van der Waals surface area (Å²) in [7, 11) is 0. The second-order valence-electron chi connectivity index (χ2n) is 3.72. The monoisotopic (exact) mass is 243 g/mol. The van der Waals surface area contributed by atoms with Crippen LogP contribution in [0.15, 0.2) is 12.1 Å². The Morgan fingerprint density at radius 1 is 1.41 bits per heavy atom. The summed E-state index contributed by atoms with van der Waals surface area (Å²) in [5, 5.41) is 0. The molecule has 0 amide bonds. The fourth-order valence-corrected chi connectivity index (χ4v) is 1.46. The summed E-state index contributed by atoms with van der Waals surface area (Å²) < 4.78 is 31.5. The molecule has 0 spiro atoms. The van der Waals surface area contributed by atoms with Crippen molar-refractivity contribution in [2.45, 2.75) is 26.3 Å². The first kappa shape index (κ1) is 13.6. The van der Waals surface area contributed by atoms with Crippen LogP contribution in [0, 0.1) is 18.6 Å². The van der Waals surface area contributed by atoms with Crippen molar-refractivity contribution in [1.29, 1.82) is 0 Å². The highest BCUT2D eigenvalue weighted by Gasteiger charge is 2.19. The molecule has 3 nitrogen and oxygen atoms in total. The third-order valence-corrected chi connectivity index (χ3v) is 2.40. The quantitative estimate of drug-likeness (QED) is 0.825. The number of hydrogen-bond donors (Lipinski definition) is 1. The van der Waals surface area contributed by atoms with Gasteiger partial charge in [-0.25, -0.2) is 8.78 Å². The molecule has 0 aliphatic rings. The molecule has 1 atom stereocenters. The van der Waals surface area contributed by atoms with E-state index in [1.54, 1.807) is 6.92 Å². The number of halogens is 2. The average molecular weight is 243 g/mol. The highest BCUT2D eigenvalue weighted by molar-refractivity contribution is 5.70. The zero-order valence-electron chi connectivity index (χ0n) is 9.80. The van der Waals surface area contributed by atoms with Gasteiger partial charge >= 0.3 is 5.97 Å². The SMILES string of the molecule is CCOC(=O)C[C@@H](N)c1ccc(C)c(F)c1F. The van der Waals surface area contributed by atoms with E-state index >= 15 is 0 Å². The molecule has 0 saturated heterocycles. The van der Waals surface area contributed by atoms with E-state index in [9.17, 15) is 13.6 Å². The summed E-state index contributed by atoms with van der Waals surface area (Å²) in [5.41, 5.74) is 5.83. The van der Waals surface area contributed by atoms with Gasteiger partial charge in [0.05, 0.1) is 13.0 Å². The van der Waals surface area contributed by atoms with Crippen LogP contribution in [-0.2, 0) is 9.53 Å². The van der Waals surface area contributed by atoms with Gasteiger partial charge in [0.25, 0.3) is 0 Å². The summed E-state index contributed by atoms with van der Waals surface area (Å²) >= 11 is 0. The predicted octanol–water partition coefficient (Wildman–Crippen LogP) is 2.23. The van der Waals surface area contributed by atoms with Crippen LogP contribution >= 0.6 is 0 Å². The van der Waals surface area contributed by atoms with Crippen molar-refractivity contribution in [2.75, 3.05) is 6.61 Å². The smallest absolute Gasteiger partial charge is 0.307 e. The van der Waals surface area contributed by atoms with E-state index in [1.165, 1.54) is 19.1 Å². The lowest BCUT2D eigenvalue weighted by atomic mass is 10.0.